The Bertz CT molecular complexity index is 1140. The molecule has 10 nitrogen and oxygen atoms in total. The second-order valence-corrected chi connectivity index (χ2v) is 9.47. The second-order valence-electron chi connectivity index (χ2n) is 4.91. The number of benzene rings is 2. The standard InChI is InChI=1S/C12H13NO9S3.Na.H/c13-11-4-1-8-7-9(2-3-10(8)12(11)24(16,17)18)23(14,15)6-5-22-25(19,20)21;;/h1-4,7H,5-6,13H2,(H,16,17,18)(H,19,20,21);;. The van der Waals surface area contributed by atoms with Gasteiger partial charge in [0.25, 0.3) is 10.1 Å². The van der Waals surface area contributed by atoms with E-state index in [1.54, 1.807) is 0 Å². The summed E-state index contributed by atoms with van der Waals surface area (Å²) in [5.41, 5.74) is 5.35. The van der Waals surface area contributed by atoms with Crippen LogP contribution >= 0.6 is 0 Å². The Hall–Kier alpha value is -0.770. The van der Waals surface area contributed by atoms with Crippen molar-refractivity contribution in [2.45, 2.75) is 9.79 Å². The van der Waals surface area contributed by atoms with Crippen LogP contribution in [0.25, 0.3) is 10.8 Å². The van der Waals surface area contributed by atoms with Crippen LogP contribution in [0.2, 0.25) is 0 Å². The Kier molecular flexibility index (Phi) is 7.23. The van der Waals surface area contributed by atoms with Crippen molar-refractivity contribution in [3.63, 3.8) is 0 Å². The molecule has 0 aliphatic heterocycles. The number of hydrogen-bond donors (Lipinski definition) is 3. The van der Waals surface area contributed by atoms with E-state index in [-0.39, 0.29) is 50.9 Å². The first-order chi connectivity index (χ1) is 11.3. The van der Waals surface area contributed by atoms with E-state index in [0.717, 1.165) is 18.2 Å². The van der Waals surface area contributed by atoms with Crippen molar-refractivity contribution in [3.8, 4) is 0 Å². The molecule has 0 aliphatic carbocycles. The van der Waals surface area contributed by atoms with Gasteiger partial charge in [-0.05, 0) is 23.6 Å². The maximum absolute atomic E-state index is 12.2. The Morgan fingerprint density at radius 1 is 0.962 bits per heavy atom. The zero-order valence-electron chi connectivity index (χ0n) is 12.4. The van der Waals surface area contributed by atoms with Crippen molar-refractivity contribution >= 4 is 76.4 Å². The van der Waals surface area contributed by atoms with Gasteiger partial charge in [0.2, 0.25) is 0 Å². The minimum atomic E-state index is -4.76. The SMILES string of the molecule is Nc1ccc2cc(S(=O)(=O)CCOS(=O)(=O)O)ccc2c1S(=O)(=O)O.[NaH]. The molecule has 0 bridgehead atoms. The molecule has 0 spiro atoms. The Morgan fingerprint density at radius 3 is 2.12 bits per heavy atom. The summed E-state index contributed by atoms with van der Waals surface area (Å²) in [5.74, 6) is -0.738. The van der Waals surface area contributed by atoms with Crippen molar-refractivity contribution in [2.75, 3.05) is 18.1 Å². The molecule has 2 aromatic rings. The zero-order valence-corrected chi connectivity index (χ0v) is 14.8. The summed E-state index contributed by atoms with van der Waals surface area (Å²) in [4.78, 5) is -0.770. The summed E-state index contributed by atoms with van der Waals surface area (Å²) in [6.45, 7) is -0.794. The van der Waals surface area contributed by atoms with Crippen LogP contribution in [0.5, 0.6) is 0 Å². The summed E-state index contributed by atoms with van der Waals surface area (Å²) in [6, 6.07) is 5.95. The van der Waals surface area contributed by atoms with Crippen LogP contribution in [-0.4, -0.2) is 76.3 Å². The van der Waals surface area contributed by atoms with Gasteiger partial charge in [-0.3, -0.25) is 9.11 Å². The third-order valence-corrected chi connectivity index (χ3v) is 6.29. The van der Waals surface area contributed by atoms with E-state index in [9.17, 15) is 29.8 Å². The number of nitrogens with two attached hydrogens (primary N) is 1. The Labute approximate surface area is 172 Å². The predicted octanol–water partition coefficient (Wildman–Crippen LogP) is -0.387. The van der Waals surface area contributed by atoms with Gasteiger partial charge < -0.3 is 5.73 Å². The first-order valence-electron chi connectivity index (χ1n) is 6.45. The van der Waals surface area contributed by atoms with Gasteiger partial charge in [0.05, 0.1) is 22.9 Å². The molecule has 4 N–H and O–H groups in total. The monoisotopic (exact) mass is 435 g/mol. The van der Waals surface area contributed by atoms with E-state index >= 15 is 0 Å². The fraction of sp³-hybridized carbons (Fsp3) is 0.167. The molecule has 0 amide bonds. The molecule has 26 heavy (non-hydrogen) atoms. The van der Waals surface area contributed by atoms with E-state index in [0.29, 0.717) is 0 Å². The van der Waals surface area contributed by atoms with E-state index in [2.05, 4.69) is 4.18 Å². The van der Waals surface area contributed by atoms with Crippen LogP contribution in [0.3, 0.4) is 0 Å². The van der Waals surface area contributed by atoms with Crippen LogP contribution in [0.4, 0.5) is 5.69 Å². The topological polar surface area (TPSA) is 178 Å². The number of sulfone groups is 1. The molecule has 0 saturated carbocycles. The quantitative estimate of drug-likeness (QED) is 0.307. The van der Waals surface area contributed by atoms with Crippen LogP contribution in [0.1, 0.15) is 0 Å². The molecule has 14 heteroatoms. The molecule has 0 fully saturated rings. The average molecular weight is 435 g/mol. The van der Waals surface area contributed by atoms with Gasteiger partial charge in [-0.15, -0.1) is 0 Å². The minimum absolute atomic E-state index is 0. The maximum atomic E-state index is 12.2. The zero-order chi connectivity index (χ0) is 19.0. The number of nitrogen functional groups attached to an aromatic ring is 1. The van der Waals surface area contributed by atoms with Gasteiger partial charge in [0.15, 0.2) is 9.84 Å². The molecule has 0 aromatic heterocycles. The molecule has 0 radical (unpaired) electrons. The molecular weight excluding hydrogens is 421 g/mol. The normalized spacial score (nSPS) is 12.7. The molecule has 0 unspecified atom stereocenters. The van der Waals surface area contributed by atoms with Gasteiger partial charge in [0, 0.05) is 5.39 Å². The molecule has 0 atom stereocenters. The summed E-state index contributed by atoms with van der Waals surface area (Å²) < 4.78 is 89.8. The molecular formula is C12H14NNaO9S3. The van der Waals surface area contributed by atoms with Crippen molar-refractivity contribution in [1.29, 1.82) is 0 Å². The van der Waals surface area contributed by atoms with Crippen molar-refractivity contribution in [3.05, 3.63) is 30.3 Å². The Morgan fingerprint density at radius 2 is 1.58 bits per heavy atom. The summed E-state index contributed by atoms with van der Waals surface area (Å²) >= 11 is 0. The first-order valence-corrected chi connectivity index (χ1v) is 10.9. The Balaban J connectivity index is 0.00000338. The molecule has 0 saturated heterocycles. The molecule has 0 aliphatic rings. The van der Waals surface area contributed by atoms with E-state index < -0.39 is 47.6 Å². The number of anilines is 1. The summed E-state index contributed by atoms with van der Waals surface area (Å²) in [6.07, 6.45) is 0. The van der Waals surface area contributed by atoms with Gasteiger partial charge >= 0.3 is 40.0 Å². The number of fused-ring (bicyclic) bond motifs is 1. The third kappa shape index (κ3) is 5.61. The van der Waals surface area contributed by atoms with Gasteiger partial charge in [-0.2, -0.15) is 16.8 Å². The van der Waals surface area contributed by atoms with Crippen LogP contribution in [-0.2, 0) is 34.5 Å². The van der Waals surface area contributed by atoms with Crippen LogP contribution in [0.15, 0.2) is 40.1 Å². The molecule has 2 rings (SSSR count). The van der Waals surface area contributed by atoms with E-state index in [4.69, 9.17) is 10.3 Å². The average Bonchev–Trinajstić information content (AvgIpc) is 2.43. The van der Waals surface area contributed by atoms with Crippen molar-refractivity contribution in [1.82, 2.24) is 0 Å². The predicted molar refractivity (Wildman–Crippen MR) is 94.9 cm³/mol. The van der Waals surface area contributed by atoms with Crippen molar-refractivity contribution < 1.29 is 38.5 Å². The van der Waals surface area contributed by atoms with E-state index in [1.807, 2.05) is 0 Å². The van der Waals surface area contributed by atoms with Gasteiger partial charge in [0.1, 0.15) is 4.90 Å². The van der Waals surface area contributed by atoms with Crippen LogP contribution in [0, 0.1) is 0 Å². The number of rotatable bonds is 6. The van der Waals surface area contributed by atoms with Crippen molar-refractivity contribution in [2.24, 2.45) is 0 Å². The summed E-state index contributed by atoms with van der Waals surface area (Å²) in [7, 11) is -13.4. The first kappa shape index (κ1) is 23.3. The molecule has 2 aromatic carbocycles. The van der Waals surface area contributed by atoms with E-state index in [1.165, 1.54) is 12.1 Å². The fourth-order valence-electron chi connectivity index (χ4n) is 2.14. The second kappa shape index (κ2) is 8.08. The number of hydrogen-bond acceptors (Lipinski definition) is 8. The fourth-order valence-corrected chi connectivity index (χ4v) is 4.49. The summed E-state index contributed by atoms with van der Waals surface area (Å²) in [5, 5.41) is 0.203. The third-order valence-electron chi connectivity index (χ3n) is 3.17. The van der Waals surface area contributed by atoms with Crippen LogP contribution < -0.4 is 5.73 Å². The molecule has 0 heterocycles. The molecule has 140 valence electrons. The van der Waals surface area contributed by atoms with Gasteiger partial charge in [-0.25, -0.2) is 12.6 Å². The van der Waals surface area contributed by atoms with Gasteiger partial charge in [-0.1, -0.05) is 12.1 Å².